The number of nitrogens with one attached hydrogen (secondary N) is 1. The first-order valence-corrected chi connectivity index (χ1v) is 8.52. The molecule has 1 fully saturated rings. The molecule has 0 radical (unpaired) electrons. The first-order valence-electron chi connectivity index (χ1n) is 8.52. The first kappa shape index (κ1) is 18.5. The second-order valence-electron chi connectivity index (χ2n) is 6.37. The molecule has 0 bridgehead atoms. The molecule has 3 rings (SSSR count). The molecule has 1 saturated heterocycles. The van der Waals surface area contributed by atoms with Crippen molar-refractivity contribution in [2.75, 3.05) is 43.0 Å². The molecule has 0 unspecified atom stereocenters. The zero-order valence-corrected chi connectivity index (χ0v) is 14.1. The quantitative estimate of drug-likeness (QED) is 0.883. The average molecular weight is 371 g/mol. The SMILES string of the molecule is O=C1COc2ccc(NC(=O)C(F)(F)F)cc2N1CCN1CCCCC1. The molecule has 0 aromatic heterocycles. The van der Waals surface area contributed by atoms with E-state index in [-0.39, 0.29) is 18.2 Å². The van der Waals surface area contributed by atoms with Crippen molar-refractivity contribution in [1.29, 1.82) is 0 Å². The van der Waals surface area contributed by atoms with E-state index in [4.69, 9.17) is 4.74 Å². The van der Waals surface area contributed by atoms with Gasteiger partial charge in [-0.15, -0.1) is 0 Å². The second-order valence-corrected chi connectivity index (χ2v) is 6.37. The minimum Gasteiger partial charge on any atom is -0.482 e. The molecule has 2 aliphatic rings. The normalized spacial score (nSPS) is 18.3. The molecule has 0 saturated carbocycles. The fourth-order valence-electron chi connectivity index (χ4n) is 3.15. The largest absolute Gasteiger partial charge is 0.482 e. The molecular formula is C17H20F3N3O3. The van der Waals surface area contributed by atoms with Crippen molar-refractivity contribution >= 4 is 23.2 Å². The minimum atomic E-state index is -4.98. The summed E-state index contributed by atoms with van der Waals surface area (Å²) in [6.45, 7) is 2.96. The van der Waals surface area contributed by atoms with Crippen LogP contribution in [0.1, 0.15) is 19.3 Å². The van der Waals surface area contributed by atoms with Crippen molar-refractivity contribution in [2.45, 2.75) is 25.4 Å². The van der Waals surface area contributed by atoms with Crippen molar-refractivity contribution < 1.29 is 27.5 Å². The predicted octanol–water partition coefficient (Wildman–Crippen LogP) is 2.40. The van der Waals surface area contributed by atoms with Crippen LogP contribution in [-0.4, -0.2) is 55.7 Å². The third kappa shape index (κ3) is 4.27. The number of rotatable bonds is 4. The number of halogens is 3. The number of anilines is 2. The minimum absolute atomic E-state index is 0.0349. The lowest BCUT2D eigenvalue weighted by molar-refractivity contribution is -0.167. The van der Waals surface area contributed by atoms with Gasteiger partial charge in [-0.1, -0.05) is 6.42 Å². The maximum Gasteiger partial charge on any atom is 0.471 e. The number of carbonyl (C=O) groups is 2. The van der Waals surface area contributed by atoms with Gasteiger partial charge in [0.1, 0.15) is 5.75 Å². The van der Waals surface area contributed by atoms with Crippen LogP contribution in [0, 0.1) is 0 Å². The summed E-state index contributed by atoms with van der Waals surface area (Å²) in [5, 5.41) is 1.80. The summed E-state index contributed by atoms with van der Waals surface area (Å²) in [4.78, 5) is 27.1. The molecule has 2 heterocycles. The summed E-state index contributed by atoms with van der Waals surface area (Å²) >= 11 is 0. The van der Waals surface area contributed by atoms with Gasteiger partial charge >= 0.3 is 12.1 Å². The summed E-state index contributed by atoms with van der Waals surface area (Å²) in [6, 6.07) is 4.12. The van der Waals surface area contributed by atoms with E-state index in [0.29, 0.717) is 24.5 Å². The van der Waals surface area contributed by atoms with Crippen LogP contribution in [0.2, 0.25) is 0 Å². The zero-order valence-electron chi connectivity index (χ0n) is 14.1. The molecule has 6 nitrogen and oxygen atoms in total. The Labute approximate surface area is 148 Å². The predicted molar refractivity (Wildman–Crippen MR) is 89.3 cm³/mol. The van der Waals surface area contributed by atoms with Gasteiger partial charge in [-0.2, -0.15) is 13.2 Å². The molecule has 1 aromatic carbocycles. The number of piperidine rings is 1. The number of nitrogens with zero attached hydrogens (tertiary/aromatic N) is 2. The van der Waals surface area contributed by atoms with E-state index < -0.39 is 12.1 Å². The Kier molecular flexibility index (Phi) is 5.36. The van der Waals surface area contributed by atoms with E-state index in [1.807, 2.05) is 0 Å². The number of benzene rings is 1. The first-order chi connectivity index (χ1) is 12.3. The van der Waals surface area contributed by atoms with Crippen LogP contribution in [0.4, 0.5) is 24.5 Å². The van der Waals surface area contributed by atoms with Gasteiger partial charge in [-0.05, 0) is 44.1 Å². The van der Waals surface area contributed by atoms with Crippen molar-refractivity contribution in [3.8, 4) is 5.75 Å². The zero-order chi connectivity index (χ0) is 18.7. The summed E-state index contributed by atoms with van der Waals surface area (Å²) in [5.41, 5.74) is 0.339. The topological polar surface area (TPSA) is 61.9 Å². The standard InChI is InChI=1S/C17H20F3N3O3/c18-17(19,20)16(25)21-12-4-5-14-13(10-12)23(15(24)11-26-14)9-8-22-6-2-1-3-7-22/h4-5,10H,1-3,6-9,11H2,(H,21,25). The molecular weight excluding hydrogens is 351 g/mol. The number of alkyl halides is 3. The van der Waals surface area contributed by atoms with Crippen molar-refractivity contribution in [3.63, 3.8) is 0 Å². The van der Waals surface area contributed by atoms with Gasteiger partial charge in [0.05, 0.1) is 5.69 Å². The van der Waals surface area contributed by atoms with Gasteiger partial charge in [0.25, 0.3) is 5.91 Å². The van der Waals surface area contributed by atoms with E-state index in [0.717, 1.165) is 25.9 Å². The lowest BCUT2D eigenvalue weighted by atomic mass is 10.1. The molecule has 142 valence electrons. The Morgan fingerprint density at radius 1 is 1.15 bits per heavy atom. The van der Waals surface area contributed by atoms with Crippen LogP contribution in [-0.2, 0) is 9.59 Å². The molecule has 0 spiro atoms. The molecule has 1 N–H and O–H groups in total. The summed E-state index contributed by atoms with van der Waals surface area (Å²) in [6.07, 6.45) is -1.52. The van der Waals surface area contributed by atoms with Gasteiger partial charge in [0, 0.05) is 18.8 Å². The average Bonchev–Trinajstić information content (AvgIpc) is 2.61. The molecule has 26 heavy (non-hydrogen) atoms. The highest BCUT2D eigenvalue weighted by Crippen LogP contribution is 2.35. The van der Waals surface area contributed by atoms with Crippen LogP contribution < -0.4 is 15.0 Å². The van der Waals surface area contributed by atoms with Crippen LogP contribution in [0.5, 0.6) is 5.75 Å². The van der Waals surface area contributed by atoms with E-state index in [1.54, 1.807) is 5.32 Å². The molecule has 2 aliphatic heterocycles. The summed E-state index contributed by atoms with van der Waals surface area (Å²) < 4.78 is 42.6. The Balaban J connectivity index is 1.74. The highest BCUT2D eigenvalue weighted by molar-refractivity contribution is 6.00. The van der Waals surface area contributed by atoms with Crippen LogP contribution in [0.25, 0.3) is 0 Å². The molecule has 1 aromatic rings. The van der Waals surface area contributed by atoms with Crippen molar-refractivity contribution in [3.05, 3.63) is 18.2 Å². The maximum absolute atomic E-state index is 12.4. The Bertz CT molecular complexity index is 688. The van der Waals surface area contributed by atoms with Crippen LogP contribution >= 0.6 is 0 Å². The molecule has 0 aliphatic carbocycles. The van der Waals surface area contributed by atoms with Crippen LogP contribution in [0.3, 0.4) is 0 Å². The summed E-state index contributed by atoms with van der Waals surface area (Å²) in [5.74, 6) is -1.90. The highest BCUT2D eigenvalue weighted by Gasteiger charge is 2.39. The van der Waals surface area contributed by atoms with E-state index in [1.165, 1.54) is 29.5 Å². The van der Waals surface area contributed by atoms with Crippen LogP contribution in [0.15, 0.2) is 18.2 Å². The van der Waals surface area contributed by atoms with E-state index >= 15 is 0 Å². The molecule has 9 heteroatoms. The van der Waals surface area contributed by atoms with Gasteiger partial charge < -0.3 is 19.9 Å². The Morgan fingerprint density at radius 2 is 1.88 bits per heavy atom. The number of hydrogen-bond acceptors (Lipinski definition) is 4. The summed E-state index contributed by atoms with van der Waals surface area (Å²) in [7, 11) is 0. The van der Waals surface area contributed by atoms with Crippen molar-refractivity contribution in [1.82, 2.24) is 4.90 Å². The smallest absolute Gasteiger partial charge is 0.471 e. The third-order valence-corrected chi connectivity index (χ3v) is 4.51. The fourth-order valence-corrected chi connectivity index (χ4v) is 3.15. The number of ether oxygens (including phenoxy) is 1. The van der Waals surface area contributed by atoms with Gasteiger partial charge in [0.2, 0.25) is 0 Å². The van der Waals surface area contributed by atoms with Gasteiger partial charge in [0.15, 0.2) is 6.61 Å². The number of amides is 2. The number of carbonyl (C=O) groups excluding carboxylic acids is 2. The second kappa shape index (κ2) is 7.53. The van der Waals surface area contributed by atoms with Gasteiger partial charge in [-0.25, -0.2) is 0 Å². The number of fused-ring (bicyclic) bond motifs is 1. The Hall–Kier alpha value is -2.29. The highest BCUT2D eigenvalue weighted by atomic mass is 19.4. The van der Waals surface area contributed by atoms with E-state index in [2.05, 4.69) is 4.90 Å². The van der Waals surface area contributed by atoms with Crippen molar-refractivity contribution in [2.24, 2.45) is 0 Å². The third-order valence-electron chi connectivity index (χ3n) is 4.51. The Morgan fingerprint density at radius 3 is 2.58 bits per heavy atom. The van der Waals surface area contributed by atoms with Gasteiger partial charge in [-0.3, -0.25) is 9.59 Å². The lowest BCUT2D eigenvalue weighted by Gasteiger charge is -2.33. The monoisotopic (exact) mass is 371 g/mol. The number of hydrogen-bond donors (Lipinski definition) is 1. The van der Waals surface area contributed by atoms with E-state index in [9.17, 15) is 22.8 Å². The maximum atomic E-state index is 12.4. The molecule has 2 amide bonds. The lowest BCUT2D eigenvalue weighted by Crippen LogP contribution is -2.44. The molecule has 0 atom stereocenters. The fraction of sp³-hybridized carbons (Fsp3) is 0.529. The number of likely N-dealkylation sites (tertiary alicyclic amines) is 1.